The number of aromatic nitrogens is 1. The average molecular weight is 248 g/mol. The van der Waals surface area contributed by atoms with Gasteiger partial charge in [0.2, 0.25) is 0 Å². The Labute approximate surface area is 103 Å². The lowest BCUT2D eigenvalue weighted by molar-refractivity contribution is 0.0606. The number of anilines is 1. The van der Waals surface area contributed by atoms with Crippen LogP contribution in [0.3, 0.4) is 0 Å². The second-order valence-electron chi connectivity index (χ2n) is 3.36. The zero-order valence-corrected chi connectivity index (χ0v) is 10.2. The molecule has 1 heterocycles. The van der Waals surface area contributed by atoms with E-state index in [9.17, 15) is 4.79 Å². The lowest BCUT2D eigenvalue weighted by atomic mass is 10.2. The zero-order chi connectivity index (χ0) is 12.1. The van der Waals surface area contributed by atoms with Gasteiger partial charge < -0.3 is 10.1 Å². The monoisotopic (exact) mass is 248 g/mol. The van der Waals surface area contributed by atoms with Crippen molar-refractivity contribution in [3.63, 3.8) is 0 Å². The van der Waals surface area contributed by atoms with Gasteiger partial charge in [0.1, 0.15) is 4.88 Å². The van der Waals surface area contributed by atoms with Crippen molar-refractivity contribution in [1.82, 2.24) is 4.98 Å². The molecule has 0 atom stereocenters. The third kappa shape index (κ3) is 3.04. The molecule has 5 heteroatoms. The van der Waals surface area contributed by atoms with E-state index in [0.29, 0.717) is 16.6 Å². The van der Waals surface area contributed by atoms with E-state index in [1.807, 2.05) is 30.3 Å². The van der Waals surface area contributed by atoms with Gasteiger partial charge in [-0.05, 0) is 5.56 Å². The Balaban J connectivity index is 1.96. The maximum atomic E-state index is 11.2. The molecule has 0 spiro atoms. The minimum absolute atomic E-state index is 0.352. The molecule has 0 bridgehead atoms. The van der Waals surface area contributed by atoms with E-state index in [-0.39, 0.29) is 5.97 Å². The molecule has 0 aliphatic carbocycles. The van der Waals surface area contributed by atoms with Crippen molar-refractivity contribution in [1.29, 1.82) is 0 Å². The SMILES string of the molecule is COC(=O)c1cnc(NCc2ccccc2)s1. The maximum Gasteiger partial charge on any atom is 0.349 e. The summed E-state index contributed by atoms with van der Waals surface area (Å²) in [6.45, 7) is 0.689. The highest BCUT2D eigenvalue weighted by atomic mass is 32.1. The van der Waals surface area contributed by atoms with E-state index in [1.165, 1.54) is 30.2 Å². The van der Waals surface area contributed by atoms with Crippen molar-refractivity contribution in [3.05, 3.63) is 47.0 Å². The van der Waals surface area contributed by atoms with Gasteiger partial charge in [-0.15, -0.1) is 0 Å². The largest absolute Gasteiger partial charge is 0.465 e. The molecular formula is C12H12N2O2S. The van der Waals surface area contributed by atoms with Gasteiger partial charge in [-0.3, -0.25) is 0 Å². The first kappa shape index (κ1) is 11.6. The highest BCUT2D eigenvalue weighted by Crippen LogP contribution is 2.19. The maximum absolute atomic E-state index is 11.2. The third-order valence-corrected chi connectivity index (χ3v) is 3.11. The molecular weight excluding hydrogens is 236 g/mol. The first-order chi connectivity index (χ1) is 8.29. The molecule has 2 aromatic rings. The molecule has 1 aromatic heterocycles. The number of thiazole rings is 1. The molecule has 88 valence electrons. The van der Waals surface area contributed by atoms with Crippen LogP contribution in [0.2, 0.25) is 0 Å². The van der Waals surface area contributed by atoms with Crippen molar-refractivity contribution < 1.29 is 9.53 Å². The van der Waals surface area contributed by atoms with Crippen LogP contribution in [0, 0.1) is 0 Å². The highest BCUT2D eigenvalue weighted by molar-refractivity contribution is 7.17. The fourth-order valence-corrected chi connectivity index (χ4v) is 2.05. The fourth-order valence-electron chi connectivity index (χ4n) is 1.32. The van der Waals surface area contributed by atoms with Crippen LogP contribution in [0.15, 0.2) is 36.5 Å². The van der Waals surface area contributed by atoms with Crippen LogP contribution in [0.25, 0.3) is 0 Å². The third-order valence-electron chi connectivity index (χ3n) is 2.18. The second kappa shape index (κ2) is 5.45. The molecule has 17 heavy (non-hydrogen) atoms. The fraction of sp³-hybridized carbons (Fsp3) is 0.167. The Morgan fingerprint density at radius 1 is 1.41 bits per heavy atom. The van der Waals surface area contributed by atoms with E-state index >= 15 is 0 Å². The van der Waals surface area contributed by atoms with Gasteiger partial charge >= 0.3 is 5.97 Å². The summed E-state index contributed by atoms with van der Waals surface area (Å²) >= 11 is 1.29. The van der Waals surface area contributed by atoms with Gasteiger partial charge in [-0.1, -0.05) is 41.7 Å². The molecule has 1 N–H and O–H groups in total. The Hall–Kier alpha value is -1.88. The first-order valence-corrected chi connectivity index (χ1v) is 5.93. The number of ether oxygens (including phenoxy) is 1. The first-order valence-electron chi connectivity index (χ1n) is 5.11. The van der Waals surface area contributed by atoms with Gasteiger partial charge in [0.25, 0.3) is 0 Å². The van der Waals surface area contributed by atoms with E-state index < -0.39 is 0 Å². The summed E-state index contributed by atoms with van der Waals surface area (Å²) in [5.74, 6) is -0.352. The number of benzene rings is 1. The number of hydrogen-bond donors (Lipinski definition) is 1. The van der Waals surface area contributed by atoms with Gasteiger partial charge in [-0.25, -0.2) is 9.78 Å². The minimum Gasteiger partial charge on any atom is -0.465 e. The van der Waals surface area contributed by atoms with E-state index in [0.717, 1.165) is 0 Å². The predicted molar refractivity (Wildman–Crippen MR) is 67.2 cm³/mol. The molecule has 0 fully saturated rings. The summed E-state index contributed by atoms with van der Waals surface area (Å²) in [4.78, 5) is 15.8. The molecule has 2 rings (SSSR count). The van der Waals surface area contributed by atoms with Crippen LogP contribution < -0.4 is 5.32 Å². The number of nitrogens with one attached hydrogen (secondary N) is 1. The predicted octanol–water partition coefficient (Wildman–Crippen LogP) is 2.54. The molecule has 0 radical (unpaired) electrons. The van der Waals surface area contributed by atoms with Crippen molar-refractivity contribution in [3.8, 4) is 0 Å². The normalized spacial score (nSPS) is 9.94. The standard InChI is InChI=1S/C12H12N2O2S/c1-16-11(15)10-8-14-12(17-10)13-7-9-5-3-2-4-6-9/h2-6,8H,7H2,1H3,(H,13,14). The Kier molecular flexibility index (Phi) is 3.72. The summed E-state index contributed by atoms with van der Waals surface area (Å²) in [6, 6.07) is 10.0. The Morgan fingerprint density at radius 3 is 2.88 bits per heavy atom. The van der Waals surface area contributed by atoms with Crippen molar-refractivity contribution in [2.24, 2.45) is 0 Å². The van der Waals surface area contributed by atoms with Crippen LogP contribution in [-0.2, 0) is 11.3 Å². The highest BCUT2D eigenvalue weighted by Gasteiger charge is 2.09. The van der Waals surface area contributed by atoms with E-state index in [4.69, 9.17) is 0 Å². The summed E-state index contributed by atoms with van der Waals surface area (Å²) < 4.78 is 4.62. The van der Waals surface area contributed by atoms with E-state index in [1.54, 1.807) is 0 Å². The van der Waals surface area contributed by atoms with Crippen LogP contribution in [-0.4, -0.2) is 18.1 Å². The zero-order valence-electron chi connectivity index (χ0n) is 9.34. The number of nitrogens with zero attached hydrogens (tertiary/aromatic N) is 1. The van der Waals surface area contributed by atoms with Crippen LogP contribution in [0.1, 0.15) is 15.2 Å². The number of hydrogen-bond acceptors (Lipinski definition) is 5. The smallest absolute Gasteiger partial charge is 0.349 e. The molecule has 0 saturated heterocycles. The number of rotatable bonds is 4. The van der Waals surface area contributed by atoms with Gasteiger partial charge in [-0.2, -0.15) is 0 Å². The molecule has 0 unspecified atom stereocenters. The molecule has 0 saturated carbocycles. The molecule has 0 aliphatic rings. The minimum atomic E-state index is -0.352. The van der Waals surface area contributed by atoms with Gasteiger partial charge in [0.15, 0.2) is 5.13 Å². The molecule has 0 aliphatic heterocycles. The topological polar surface area (TPSA) is 51.2 Å². The average Bonchev–Trinajstić information content (AvgIpc) is 2.85. The molecule has 0 amide bonds. The summed E-state index contributed by atoms with van der Waals surface area (Å²) in [5, 5.41) is 3.88. The summed E-state index contributed by atoms with van der Waals surface area (Å²) in [6.07, 6.45) is 1.52. The molecule has 1 aromatic carbocycles. The van der Waals surface area contributed by atoms with Crippen molar-refractivity contribution in [2.45, 2.75) is 6.54 Å². The second-order valence-corrected chi connectivity index (χ2v) is 4.39. The van der Waals surface area contributed by atoms with Crippen molar-refractivity contribution >= 4 is 22.4 Å². The number of carbonyl (C=O) groups excluding carboxylic acids is 1. The van der Waals surface area contributed by atoms with Crippen LogP contribution >= 0.6 is 11.3 Å². The molecule has 4 nitrogen and oxygen atoms in total. The number of esters is 1. The summed E-state index contributed by atoms with van der Waals surface area (Å²) in [7, 11) is 1.36. The Morgan fingerprint density at radius 2 is 2.18 bits per heavy atom. The lowest BCUT2D eigenvalue weighted by Crippen LogP contribution is -1.98. The van der Waals surface area contributed by atoms with Crippen molar-refractivity contribution in [2.75, 3.05) is 12.4 Å². The number of carbonyl (C=O) groups is 1. The van der Waals surface area contributed by atoms with Crippen LogP contribution in [0.5, 0.6) is 0 Å². The number of methoxy groups -OCH3 is 1. The summed E-state index contributed by atoms with van der Waals surface area (Å²) in [5.41, 5.74) is 1.17. The van der Waals surface area contributed by atoms with E-state index in [2.05, 4.69) is 15.0 Å². The van der Waals surface area contributed by atoms with Gasteiger partial charge in [0.05, 0.1) is 13.3 Å². The van der Waals surface area contributed by atoms with Crippen LogP contribution in [0.4, 0.5) is 5.13 Å². The quantitative estimate of drug-likeness (QED) is 0.845. The van der Waals surface area contributed by atoms with Gasteiger partial charge in [0, 0.05) is 6.54 Å². The Bertz CT molecular complexity index is 496. The lowest BCUT2D eigenvalue weighted by Gasteiger charge is -2.01.